The van der Waals surface area contributed by atoms with E-state index in [-0.39, 0.29) is 5.91 Å². The molecule has 0 atom stereocenters. The van der Waals surface area contributed by atoms with Crippen molar-refractivity contribution in [3.8, 4) is 0 Å². The number of amides is 1. The van der Waals surface area contributed by atoms with E-state index in [9.17, 15) is 4.79 Å². The molecule has 0 saturated carbocycles. The van der Waals surface area contributed by atoms with Gasteiger partial charge in [0, 0.05) is 35.6 Å². The first-order chi connectivity index (χ1) is 11.0. The van der Waals surface area contributed by atoms with Gasteiger partial charge < -0.3 is 15.5 Å². The van der Waals surface area contributed by atoms with Crippen LogP contribution in [0, 0.1) is 6.92 Å². The van der Waals surface area contributed by atoms with Gasteiger partial charge in [-0.15, -0.1) is 0 Å². The zero-order chi connectivity index (χ0) is 16.8. The highest BCUT2D eigenvalue weighted by atomic mass is 79.9. The third-order valence-corrected chi connectivity index (χ3v) is 4.17. The van der Waals surface area contributed by atoms with E-state index in [1.165, 1.54) is 0 Å². The molecule has 0 aliphatic heterocycles. The van der Waals surface area contributed by atoms with Crippen molar-refractivity contribution in [3.63, 3.8) is 0 Å². The average Bonchev–Trinajstić information content (AvgIpc) is 2.51. The summed E-state index contributed by atoms with van der Waals surface area (Å²) in [6, 6.07) is 7.53. The monoisotopic (exact) mass is 376 g/mol. The van der Waals surface area contributed by atoms with Crippen LogP contribution in [0.15, 0.2) is 41.1 Å². The summed E-state index contributed by atoms with van der Waals surface area (Å²) >= 11 is 3.47. The van der Waals surface area contributed by atoms with Crippen LogP contribution in [-0.2, 0) is 0 Å². The Morgan fingerprint density at radius 3 is 2.70 bits per heavy atom. The van der Waals surface area contributed by atoms with Crippen LogP contribution >= 0.6 is 15.9 Å². The van der Waals surface area contributed by atoms with Gasteiger partial charge in [0.2, 0.25) is 0 Å². The smallest absolute Gasteiger partial charge is 0.257 e. The van der Waals surface area contributed by atoms with Gasteiger partial charge in [-0.05, 0) is 44.8 Å². The van der Waals surface area contributed by atoms with Crippen molar-refractivity contribution in [1.82, 2.24) is 9.88 Å². The molecule has 5 nitrogen and oxygen atoms in total. The molecule has 0 fully saturated rings. The molecule has 0 unspecified atom stereocenters. The van der Waals surface area contributed by atoms with Gasteiger partial charge >= 0.3 is 0 Å². The molecule has 1 amide bonds. The standard InChI is InChI=1S/C17H21BrN4O/c1-12-4-5-14(9-16(12)18)21-17(23)13-8-15(11-19-10-13)20-6-7-22(2)3/h4-5,8-11,20H,6-7H2,1-3H3,(H,21,23). The summed E-state index contributed by atoms with van der Waals surface area (Å²) in [6.45, 7) is 3.71. The lowest BCUT2D eigenvalue weighted by Crippen LogP contribution is -2.21. The SMILES string of the molecule is Cc1ccc(NC(=O)c2cncc(NCCN(C)C)c2)cc1Br. The van der Waals surface area contributed by atoms with Gasteiger partial charge in [0.15, 0.2) is 0 Å². The zero-order valence-corrected chi connectivity index (χ0v) is 15.1. The maximum absolute atomic E-state index is 12.3. The number of anilines is 2. The first-order valence-corrected chi connectivity index (χ1v) is 8.16. The summed E-state index contributed by atoms with van der Waals surface area (Å²) in [5.74, 6) is -0.176. The number of aromatic nitrogens is 1. The maximum Gasteiger partial charge on any atom is 0.257 e. The Morgan fingerprint density at radius 2 is 2.00 bits per heavy atom. The molecule has 1 aromatic carbocycles. The number of rotatable bonds is 6. The van der Waals surface area contributed by atoms with Crippen molar-refractivity contribution in [3.05, 3.63) is 52.3 Å². The Kier molecular flexibility index (Phi) is 6.12. The second-order valence-corrected chi connectivity index (χ2v) is 6.46. The van der Waals surface area contributed by atoms with Gasteiger partial charge in [0.05, 0.1) is 11.3 Å². The minimum Gasteiger partial charge on any atom is -0.382 e. The molecule has 6 heteroatoms. The number of nitrogens with zero attached hydrogens (tertiary/aromatic N) is 2. The number of hydrogen-bond acceptors (Lipinski definition) is 4. The highest BCUT2D eigenvalue weighted by molar-refractivity contribution is 9.10. The minimum absolute atomic E-state index is 0.176. The number of likely N-dealkylation sites (N-methyl/N-ethyl adjacent to an activating group) is 1. The molecule has 0 saturated heterocycles. The summed E-state index contributed by atoms with van der Waals surface area (Å²) in [4.78, 5) is 18.6. The summed E-state index contributed by atoms with van der Waals surface area (Å²) in [5, 5.41) is 6.14. The number of nitrogens with one attached hydrogen (secondary N) is 2. The van der Waals surface area contributed by atoms with E-state index in [4.69, 9.17) is 0 Å². The van der Waals surface area contributed by atoms with Crippen LogP contribution in [-0.4, -0.2) is 43.0 Å². The molecule has 1 heterocycles. The summed E-state index contributed by atoms with van der Waals surface area (Å²) in [5.41, 5.74) is 3.23. The van der Waals surface area contributed by atoms with Gasteiger partial charge in [-0.3, -0.25) is 9.78 Å². The fourth-order valence-electron chi connectivity index (χ4n) is 1.96. The van der Waals surface area contributed by atoms with Crippen LogP contribution in [0.5, 0.6) is 0 Å². The second kappa shape index (κ2) is 8.08. The molecule has 0 spiro atoms. The predicted molar refractivity (Wildman–Crippen MR) is 98.1 cm³/mol. The Bertz CT molecular complexity index is 688. The molecule has 2 rings (SSSR count). The number of carbonyl (C=O) groups is 1. The number of aryl methyl sites for hydroxylation is 1. The summed E-state index contributed by atoms with van der Waals surface area (Å²) in [7, 11) is 4.03. The van der Waals surface area contributed by atoms with Crippen LogP contribution in [0.25, 0.3) is 0 Å². The molecule has 2 N–H and O–H groups in total. The quantitative estimate of drug-likeness (QED) is 0.811. The highest BCUT2D eigenvalue weighted by Gasteiger charge is 2.08. The fraction of sp³-hybridized carbons (Fsp3) is 0.294. The molecule has 122 valence electrons. The molecule has 0 bridgehead atoms. The van der Waals surface area contributed by atoms with Gasteiger partial charge in [-0.25, -0.2) is 0 Å². The third-order valence-electron chi connectivity index (χ3n) is 3.32. The van der Waals surface area contributed by atoms with E-state index in [0.717, 1.165) is 34.5 Å². The zero-order valence-electron chi connectivity index (χ0n) is 13.6. The van der Waals surface area contributed by atoms with Crippen molar-refractivity contribution >= 4 is 33.2 Å². The Balaban J connectivity index is 2.02. The number of benzene rings is 1. The van der Waals surface area contributed by atoms with Crippen LogP contribution in [0.1, 0.15) is 15.9 Å². The largest absolute Gasteiger partial charge is 0.382 e. The van der Waals surface area contributed by atoms with E-state index >= 15 is 0 Å². The first kappa shape index (κ1) is 17.4. The molecular weight excluding hydrogens is 356 g/mol. The number of hydrogen-bond donors (Lipinski definition) is 2. The number of halogens is 1. The lowest BCUT2D eigenvalue weighted by Gasteiger charge is -2.12. The highest BCUT2D eigenvalue weighted by Crippen LogP contribution is 2.21. The number of carbonyl (C=O) groups excluding carboxylic acids is 1. The van der Waals surface area contributed by atoms with E-state index < -0.39 is 0 Å². The topological polar surface area (TPSA) is 57.3 Å². The summed E-state index contributed by atoms with van der Waals surface area (Å²) in [6.07, 6.45) is 3.28. The normalized spacial score (nSPS) is 10.7. The van der Waals surface area contributed by atoms with Gasteiger partial charge in [-0.1, -0.05) is 22.0 Å². The van der Waals surface area contributed by atoms with Crippen molar-refractivity contribution in [2.75, 3.05) is 37.8 Å². The Labute approximate surface area is 145 Å². The van der Waals surface area contributed by atoms with Crippen LogP contribution < -0.4 is 10.6 Å². The first-order valence-electron chi connectivity index (χ1n) is 7.37. The van der Waals surface area contributed by atoms with E-state index in [0.29, 0.717) is 5.56 Å². The maximum atomic E-state index is 12.3. The Morgan fingerprint density at radius 1 is 1.22 bits per heavy atom. The molecule has 0 aliphatic carbocycles. The van der Waals surface area contributed by atoms with Crippen molar-refractivity contribution in [2.45, 2.75) is 6.92 Å². The lowest BCUT2D eigenvalue weighted by atomic mass is 10.2. The lowest BCUT2D eigenvalue weighted by molar-refractivity contribution is 0.102. The third kappa shape index (κ3) is 5.33. The Hall–Kier alpha value is -1.92. The minimum atomic E-state index is -0.176. The molecule has 0 radical (unpaired) electrons. The van der Waals surface area contributed by atoms with Gasteiger partial charge in [0.1, 0.15) is 0 Å². The second-order valence-electron chi connectivity index (χ2n) is 5.61. The van der Waals surface area contributed by atoms with Crippen LogP contribution in [0.3, 0.4) is 0 Å². The average molecular weight is 377 g/mol. The molecule has 0 aliphatic rings. The van der Waals surface area contributed by atoms with Crippen molar-refractivity contribution < 1.29 is 4.79 Å². The molecule has 1 aromatic heterocycles. The molecule has 2 aromatic rings. The van der Waals surface area contributed by atoms with Crippen LogP contribution in [0.2, 0.25) is 0 Å². The molecular formula is C17H21BrN4O. The van der Waals surface area contributed by atoms with Gasteiger partial charge in [-0.2, -0.15) is 0 Å². The van der Waals surface area contributed by atoms with Crippen molar-refractivity contribution in [2.24, 2.45) is 0 Å². The number of pyridine rings is 1. The molecule has 23 heavy (non-hydrogen) atoms. The van der Waals surface area contributed by atoms with E-state index in [2.05, 4.69) is 36.4 Å². The van der Waals surface area contributed by atoms with Crippen LogP contribution in [0.4, 0.5) is 11.4 Å². The van der Waals surface area contributed by atoms with Gasteiger partial charge in [0.25, 0.3) is 5.91 Å². The fourth-order valence-corrected chi connectivity index (χ4v) is 2.34. The summed E-state index contributed by atoms with van der Waals surface area (Å²) < 4.78 is 0.965. The van der Waals surface area contributed by atoms with E-state index in [1.807, 2.05) is 39.2 Å². The van der Waals surface area contributed by atoms with Crippen molar-refractivity contribution in [1.29, 1.82) is 0 Å². The van der Waals surface area contributed by atoms with E-state index in [1.54, 1.807) is 18.5 Å². The predicted octanol–water partition coefficient (Wildman–Crippen LogP) is 3.38.